The molecule has 0 aliphatic carbocycles. The van der Waals surface area contributed by atoms with Crippen LogP contribution in [0, 0.1) is 5.92 Å². The summed E-state index contributed by atoms with van der Waals surface area (Å²) in [7, 11) is 3.09. The van der Waals surface area contributed by atoms with E-state index in [0.717, 1.165) is 4.88 Å². The van der Waals surface area contributed by atoms with Crippen LogP contribution in [0.1, 0.15) is 34.5 Å². The predicted octanol–water partition coefficient (Wildman–Crippen LogP) is 3.79. The molecule has 156 valence electrons. The first-order chi connectivity index (χ1) is 14.0. The summed E-state index contributed by atoms with van der Waals surface area (Å²) in [6, 6.07) is 8.53. The van der Waals surface area contributed by atoms with E-state index < -0.39 is 6.04 Å². The normalized spacial score (nSPS) is 18.7. The highest BCUT2D eigenvalue weighted by atomic mass is 32.2. The molecular weight excluding hydrogens is 408 g/mol. The number of thiophene rings is 1. The van der Waals surface area contributed by atoms with E-state index in [1.807, 2.05) is 31.4 Å². The molecule has 2 atom stereocenters. The van der Waals surface area contributed by atoms with Crippen molar-refractivity contribution in [3.8, 4) is 11.5 Å². The Kier molecular flexibility index (Phi) is 7.08. The van der Waals surface area contributed by atoms with Crippen molar-refractivity contribution in [3.05, 3.63) is 46.2 Å². The minimum atomic E-state index is -0.522. The second-order valence-electron chi connectivity index (χ2n) is 7.14. The van der Waals surface area contributed by atoms with E-state index in [4.69, 9.17) is 9.47 Å². The van der Waals surface area contributed by atoms with Crippen LogP contribution in [0.25, 0.3) is 0 Å². The maximum atomic E-state index is 13.5. The van der Waals surface area contributed by atoms with Gasteiger partial charge in [0.25, 0.3) is 5.91 Å². The molecule has 1 aromatic carbocycles. The van der Waals surface area contributed by atoms with Crippen molar-refractivity contribution >= 4 is 34.9 Å². The zero-order chi connectivity index (χ0) is 21.0. The topological polar surface area (TPSA) is 67.9 Å². The van der Waals surface area contributed by atoms with E-state index in [1.54, 1.807) is 53.3 Å². The summed E-state index contributed by atoms with van der Waals surface area (Å²) in [6.07, 6.45) is 0. The second kappa shape index (κ2) is 9.54. The summed E-state index contributed by atoms with van der Waals surface area (Å²) in [5.41, 5.74) is 0.466. The van der Waals surface area contributed by atoms with Gasteiger partial charge in [-0.15, -0.1) is 23.1 Å². The number of ether oxygens (including phenoxy) is 2. The number of nitrogens with zero attached hydrogens (tertiary/aromatic N) is 1. The van der Waals surface area contributed by atoms with E-state index in [1.165, 1.54) is 7.11 Å². The summed E-state index contributed by atoms with van der Waals surface area (Å²) >= 11 is 3.21. The van der Waals surface area contributed by atoms with E-state index in [2.05, 4.69) is 5.32 Å². The van der Waals surface area contributed by atoms with Crippen LogP contribution < -0.4 is 14.8 Å². The third kappa shape index (κ3) is 4.70. The van der Waals surface area contributed by atoms with Gasteiger partial charge in [0.15, 0.2) is 11.5 Å². The molecule has 1 aromatic heterocycles. The zero-order valence-corrected chi connectivity index (χ0v) is 18.6. The fourth-order valence-corrected chi connectivity index (χ4v) is 5.54. The van der Waals surface area contributed by atoms with Gasteiger partial charge >= 0.3 is 0 Å². The minimum absolute atomic E-state index is 0.112. The Balaban J connectivity index is 1.92. The summed E-state index contributed by atoms with van der Waals surface area (Å²) in [5.74, 6) is 1.64. The van der Waals surface area contributed by atoms with Crippen LogP contribution in [0.3, 0.4) is 0 Å². The summed E-state index contributed by atoms with van der Waals surface area (Å²) in [6.45, 7) is 4.68. The van der Waals surface area contributed by atoms with E-state index in [0.29, 0.717) is 35.3 Å². The number of rotatable bonds is 7. The first-order valence-electron chi connectivity index (χ1n) is 9.43. The van der Waals surface area contributed by atoms with Crippen LogP contribution in [0.4, 0.5) is 0 Å². The highest BCUT2D eigenvalue weighted by Crippen LogP contribution is 2.44. The quantitative estimate of drug-likeness (QED) is 0.718. The Morgan fingerprint density at radius 1 is 1.21 bits per heavy atom. The number of thioether (sulfide) groups is 1. The molecule has 1 aliphatic heterocycles. The Morgan fingerprint density at radius 3 is 2.59 bits per heavy atom. The van der Waals surface area contributed by atoms with Gasteiger partial charge in [-0.05, 0) is 35.6 Å². The van der Waals surface area contributed by atoms with Crippen LogP contribution >= 0.6 is 23.1 Å². The molecule has 2 unspecified atom stereocenters. The monoisotopic (exact) mass is 434 g/mol. The number of carbonyl (C=O) groups is 2. The molecule has 3 rings (SSSR count). The van der Waals surface area contributed by atoms with Crippen molar-refractivity contribution < 1.29 is 19.1 Å². The Morgan fingerprint density at radius 2 is 1.97 bits per heavy atom. The fourth-order valence-electron chi connectivity index (χ4n) is 3.15. The number of methoxy groups -OCH3 is 2. The number of hydrogen-bond donors (Lipinski definition) is 1. The second-order valence-corrected chi connectivity index (χ2v) is 9.23. The van der Waals surface area contributed by atoms with E-state index in [9.17, 15) is 9.59 Å². The van der Waals surface area contributed by atoms with Gasteiger partial charge in [-0.2, -0.15) is 0 Å². The molecule has 0 radical (unpaired) electrons. The lowest BCUT2D eigenvalue weighted by Gasteiger charge is -2.29. The average molecular weight is 435 g/mol. The van der Waals surface area contributed by atoms with Crippen molar-refractivity contribution in [3.63, 3.8) is 0 Å². The molecular formula is C21H26N2O4S2. The van der Waals surface area contributed by atoms with E-state index in [-0.39, 0.29) is 17.2 Å². The SMILES string of the molecule is COc1ccc(C(=O)N2C(C(=O)NCC(C)C)CSC2c2cccs2)cc1OC. The molecule has 2 heterocycles. The fraction of sp³-hybridized carbons (Fsp3) is 0.429. The number of benzene rings is 1. The van der Waals surface area contributed by atoms with Crippen molar-refractivity contribution in [2.75, 3.05) is 26.5 Å². The summed E-state index contributed by atoms with van der Waals surface area (Å²) in [4.78, 5) is 29.1. The van der Waals surface area contributed by atoms with Gasteiger partial charge in [-0.1, -0.05) is 19.9 Å². The highest BCUT2D eigenvalue weighted by molar-refractivity contribution is 7.99. The molecule has 6 nitrogen and oxygen atoms in total. The first-order valence-corrected chi connectivity index (χ1v) is 11.4. The maximum absolute atomic E-state index is 13.5. The van der Waals surface area contributed by atoms with Crippen LogP contribution in [-0.4, -0.2) is 49.3 Å². The van der Waals surface area contributed by atoms with Crippen LogP contribution in [0.5, 0.6) is 11.5 Å². The Bertz CT molecular complexity index is 854. The lowest BCUT2D eigenvalue weighted by molar-refractivity contribution is -0.125. The lowest BCUT2D eigenvalue weighted by Crippen LogP contribution is -2.48. The minimum Gasteiger partial charge on any atom is -0.493 e. The Labute approximate surface area is 179 Å². The molecule has 8 heteroatoms. The van der Waals surface area contributed by atoms with Gasteiger partial charge in [0.2, 0.25) is 5.91 Å². The number of amides is 2. The third-order valence-electron chi connectivity index (χ3n) is 4.64. The molecule has 29 heavy (non-hydrogen) atoms. The molecule has 0 saturated carbocycles. The largest absolute Gasteiger partial charge is 0.493 e. The lowest BCUT2D eigenvalue weighted by atomic mass is 10.1. The number of carbonyl (C=O) groups excluding carboxylic acids is 2. The highest BCUT2D eigenvalue weighted by Gasteiger charge is 2.43. The predicted molar refractivity (Wildman–Crippen MR) is 117 cm³/mol. The van der Waals surface area contributed by atoms with Gasteiger partial charge in [0.05, 0.1) is 14.2 Å². The summed E-state index contributed by atoms with van der Waals surface area (Å²) < 4.78 is 10.6. The molecule has 2 aromatic rings. The molecule has 1 saturated heterocycles. The molecule has 1 aliphatic rings. The third-order valence-corrected chi connectivity index (χ3v) is 7.02. The van der Waals surface area contributed by atoms with Gasteiger partial charge < -0.3 is 19.7 Å². The smallest absolute Gasteiger partial charge is 0.255 e. The number of hydrogen-bond acceptors (Lipinski definition) is 6. The van der Waals surface area contributed by atoms with Crippen molar-refractivity contribution in [1.82, 2.24) is 10.2 Å². The molecule has 1 N–H and O–H groups in total. The first kappa shape index (κ1) is 21.5. The molecule has 1 fully saturated rings. The van der Waals surface area contributed by atoms with Crippen molar-refractivity contribution in [2.45, 2.75) is 25.3 Å². The number of nitrogens with one attached hydrogen (secondary N) is 1. The Hall–Kier alpha value is -2.19. The molecule has 2 amide bonds. The van der Waals surface area contributed by atoms with Crippen LogP contribution in [0.15, 0.2) is 35.7 Å². The standard InChI is InChI=1S/C21H26N2O4S2/c1-13(2)11-22-19(24)15-12-29-21(18-6-5-9-28-18)23(15)20(25)14-7-8-16(26-3)17(10-14)27-4/h5-10,13,15,21H,11-12H2,1-4H3,(H,22,24). The van der Waals surface area contributed by atoms with Crippen LogP contribution in [0.2, 0.25) is 0 Å². The maximum Gasteiger partial charge on any atom is 0.255 e. The summed E-state index contributed by atoms with van der Waals surface area (Å²) in [5, 5.41) is 4.78. The zero-order valence-electron chi connectivity index (χ0n) is 17.0. The van der Waals surface area contributed by atoms with Gasteiger partial charge in [0.1, 0.15) is 11.4 Å². The van der Waals surface area contributed by atoms with Crippen molar-refractivity contribution in [2.24, 2.45) is 5.92 Å². The van der Waals surface area contributed by atoms with Crippen LogP contribution in [-0.2, 0) is 4.79 Å². The molecule has 0 bridgehead atoms. The average Bonchev–Trinajstić information content (AvgIpc) is 3.40. The molecule has 0 spiro atoms. The van der Waals surface area contributed by atoms with Crippen molar-refractivity contribution in [1.29, 1.82) is 0 Å². The van der Waals surface area contributed by atoms with Gasteiger partial charge in [-0.3, -0.25) is 9.59 Å². The van der Waals surface area contributed by atoms with Gasteiger partial charge in [-0.25, -0.2) is 0 Å². The van der Waals surface area contributed by atoms with E-state index >= 15 is 0 Å². The van der Waals surface area contributed by atoms with Gasteiger partial charge in [0, 0.05) is 22.7 Å².